The maximum absolute atomic E-state index is 12.0. The molecule has 2 aromatic rings. The number of aryl methyl sites for hydroxylation is 2. The van der Waals surface area contributed by atoms with Crippen LogP contribution in [0.3, 0.4) is 0 Å². The molecular formula is C16H19N3O3. The van der Waals surface area contributed by atoms with Crippen LogP contribution < -0.4 is 10.6 Å². The first-order chi connectivity index (χ1) is 10.5. The lowest BCUT2D eigenvalue weighted by atomic mass is 10.1. The van der Waals surface area contributed by atoms with Crippen molar-refractivity contribution in [3.05, 3.63) is 53.2 Å². The Morgan fingerprint density at radius 2 is 2.05 bits per heavy atom. The van der Waals surface area contributed by atoms with E-state index in [2.05, 4.69) is 15.6 Å². The van der Waals surface area contributed by atoms with Gasteiger partial charge in [0.25, 0.3) is 11.8 Å². The number of carbonyl (C=O) groups excluding carboxylic acids is 2. The summed E-state index contributed by atoms with van der Waals surface area (Å²) in [7, 11) is 0. The maximum Gasteiger partial charge on any atom is 0.273 e. The predicted octanol–water partition coefficient (Wildman–Crippen LogP) is 1.84. The molecule has 0 bridgehead atoms. The van der Waals surface area contributed by atoms with Gasteiger partial charge in [0.1, 0.15) is 5.76 Å². The number of oxazole rings is 1. The lowest BCUT2D eigenvalue weighted by Crippen LogP contribution is -2.42. The molecule has 0 radical (unpaired) electrons. The van der Waals surface area contributed by atoms with Gasteiger partial charge in [0.05, 0.1) is 0 Å². The van der Waals surface area contributed by atoms with Crippen LogP contribution in [0.2, 0.25) is 0 Å². The lowest BCUT2D eigenvalue weighted by molar-refractivity contribution is 0.0908. The van der Waals surface area contributed by atoms with Crippen molar-refractivity contribution in [3.63, 3.8) is 0 Å². The van der Waals surface area contributed by atoms with Crippen molar-refractivity contribution in [2.24, 2.45) is 0 Å². The standard InChI is InChI=1S/C16H19N3O3/c1-10-5-4-6-13(7-10)15(20)17-8-11(2)19-16(21)14-12(3)22-9-18-14/h4-7,9,11H,8H2,1-3H3,(H,17,20)(H,19,21). The summed E-state index contributed by atoms with van der Waals surface area (Å²) in [6, 6.07) is 7.11. The van der Waals surface area contributed by atoms with Gasteiger partial charge in [-0.3, -0.25) is 9.59 Å². The van der Waals surface area contributed by atoms with Gasteiger partial charge in [0, 0.05) is 18.2 Å². The summed E-state index contributed by atoms with van der Waals surface area (Å²) in [5, 5.41) is 5.56. The number of rotatable bonds is 5. The van der Waals surface area contributed by atoms with Gasteiger partial charge in [-0.15, -0.1) is 0 Å². The molecule has 1 heterocycles. The van der Waals surface area contributed by atoms with Crippen molar-refractivity contribution in [1.82, 2.24) is 15.6 Å². The van der Waals surface area contributed by atoms with Gasteiger partial charge in [-0.05, 0) is 32.9 Å². The van der Waals surface area contributed by atoms with Crippen LogP contribution in [0.15, 0.2) is 35.1 Å². The number of benzene rings is 1. The number of hydrogen-bond acceptors (Lipinski definition) is 4. The van der Waals surface area contributed by atoms with E-state index in [1.165, 1.54) is 6.39 Å². The molecule has 2 rings (SSSR count). The van der Waals surface area contributed by atoms with Gasteiger partial charge in [0.2, 0.25) is 0 Å². The van der Waals surface area contributed by atoms with Crippen molar-refractivity contribution in [2.75, 3.05) is 6.54 Å². The first-order valence-electron chi connectivity index (χ1n) is 7.03. The summed E-state index contributed by atoms with van der Waals surface area (Å²) in [6.07, 6.45) is 1.23. The Kier molecular flexibility index (Phi) is 4.93. The van der Waals surface area contributed by atoms with Crippen LogP contribution in [0.5, 0.6) is 0 Å². The summed E-state index contributed by atoms with van der Waals surface area (Å²) in [5.74, 6) is -0.0144. The molecular weight excluding hydrogens is 282 g/mol. The van der Waals surface area contributed by atoms with E-state index in [1.54, 1.807) is 13.0 Å². The monoisotopic (exact) mass is 301 g/mol. The largest absolute Gasteiger partial charge is 0.448 e. The molecule has 6 heteroatoms. The Bertz CT molecular complexity index is 679. The van der Waals surface area contributed by atoms with Crippen LogP contribution in [0.25, 0.3) is 0 Å². The molecule has 1 aromatic carbocycles. The zero-order chi connectivity index (χ0) is 16.1. The van der Waals surface area contributed by atoms with E-state index in [-0.39, 0.29) is 23.6 Å². The lowest BCUT2D eigenvalue weighted by Gasteiger charge is -2.14. The normalized spacial score (nSPS) is 11.8. The van der Waals surface area contributed by atoms with E-state index in [9.17, 15) is 9.59 Å². The smallest absolute Gasteiger partial charge is 0.273 e. The molecule has 6 nitrogen and oxygen atoms in total. The van der Waals surface area contributed by atoms with Crippen LogP contribution in [-0.4, -0.2) is 29.4 Å². The summed E-state index contributed by atoms with van der Waals surface area (Å²) < 4.78 is 4.99. The molecule has 0 spiro atoms. The fourth-order valence-electron chi connectivity index (χ4n) is 2.00. The molecule has 0 saturated heterocycles. The minimum atomic E-state index is -0.316. The van der Waals surface area contributed by atoms with Crippen LogP contribution in [0.4, 0.5) is 0 Å². The second kappa shape index (κ2) is 6.89. The molecule has 22 heavy (non-hydrogen) atoms. The highest BCUT2D eigenvalue weighted by molar-refractivity contribution is 5.95. The number of amides is 2. The van der Waals surface area contributed by atoms with Crippen LogP contribution in [0.1, 0.15) is 39.1 Å². The van der Waals surface area contributed by atoms with Crippen molar-refractivity contribution in [1.29, 1.82) is 0 Å². The predicted molar refractivity (Wildman–Crippen MR) is 81.7 cm³/mol. The van der Waals surface area contributed by atoms with Crippen LogP contribution in [-0.2, 0) is 0 Å². The highest BCUT2D eigenvalue weighted by Gasteiger charge is 2.16. The SMILES string of the molecule is Cc1cccc(C(=O)NCC(C)NC(=O)c2ncoc2C)c1. The van der Waals surface area contributed by atoms with Gasteiger partial charge < -0.3 is 15.1 Å². The van der Waals surface area contributed by atoms with Gasteiger partial charge in [0.15, 0.2) is 12.1 Å². The third kappa shape index (κ3) is 3.94. The third-order valence-corrected chi connectivity index (χ3v) is 3.19. The first kappa shape index (κ1) is 15.8. The molecule has 2 amide bonds. The average Bonchev–Trinajstić information content (AvgIpc) is 2.91. The van der Waals surface area contributed by atoms with E-state index >= 15 is 0 Å². The highest BCUT2D eigenvalue weighted by atomic mass is 16.3. The van der Waals surface area contributed by atoms with Crippen LogP contribution in [0, 0.1) is 13.8 Å². The van der Waals surface area contributed by atoms with E-state index in [0.29, 0.717) is 17.9 Å². The topological polar surface area (TPSA) is 84.2 Å². The molecule has 1 aromatic heterocycles. The zero-order valence-electron chi connectivity index (χ0n) is 12.8. The van der Waals surface area contributed by atoms with Gasteiger partial charge in [-0.1, -0.05) is 17.7 Å². The Morgan fingerprint density at radius 3 is 2.68 bits per heavy atom. The Labute approximate surface area is 128 Å². The fraction of sp³-hybridized carbons (Fsp3) is 0.312. The summed E-state index contributed by atoms with van der Waals surface area (Å²) >= 11 is 0. The number of carbonyl (C=O) groups is 2. The molecule has 0 saturated carbocycles. The molecule has 1 unspecified atom stereocenters. The van der Waals surface area contributed by atoms with Crippen molar-refractivity contribution < 1.29 is 14.0 Å². The fourth-order valence-corrected chi connectivity index (χ4v) is 2.00. The Morgan fingerprint density at radius 1 is 1.27 bits per heavy atom. The second-order valence-corrected chi connectivity index (χ2v) is 5.21. The Hall–Kier alpha value is -2.63. The molecule has 0 aliphatic rings. The van der Waals surface area contributed by atoms with Gasteiger partial charge >= 0.3 is 0 Å². The van der Waals surface area contributed by atoms with E-state index < -0.39 is 0 Å². The van der Waals surface area contributed by atoms with Gasteiger partial charge in [-0.2, -0.15) is 0 Å². The molecule has 0 aliphatic heterocycles. The summed E-state index contributed by atoms with van der Waals surface area (Å²) in [6.45, 7) is 5.74. The van der Waals surface area contributed by atoms with E-state index in [4.69, 9.17) is 4.42 Å². The number of nitrogens with zero attached hydrogens (tertiary/aromatic N) is 1. The first-order valence-corrected chi connectivity index (χ1v) is 7.03. The highest BCUT2D eigenvalue weighted by Crippen LogP contribution is 2.05. The second-order valence-electron chi connectivity index (χ2n) is 5.21. The van der Waals surface area contributed by atoms with Crippen molar-refractivity contribution in [3.8, 4) is 0 Å². The quantitative estimate of drug-likeness (QED) is 0.882. The Balaban J connectivity index is 1.85. The third-order valence-electron chi connectivity index (χ3n) is 3.19. The van der Waals surface area contributed by atoms with E-state index in [1.807, 2.05) is 32.0 Å². The minimum absolute atomic E-state index is 0.164. The number of hydrogen-bond donors (Lipinski definition) is 2. The minimum Gasteiger partial charge on any atom is -0.448 e. The summed E-state index contributed by atoms with van der Waals surface area (Å²) in [5.41, 5.74) is 1.89. The van der Waals surface area contributed by atoms with Crippen LogP contribution >= 0.6 is 0 Å². The van der Waals surface area contributed by atoms with Crippen molar-refractivity contribution >= 4 is 11.8 Å². The molecule has 2 N–H and O–H groups in total. The summed E-state index contributed by atoms with van der Waals surface area (Å²) in [4.78, 5) is 27.8. The van der Waals surface area contributed by atoms with E-state index in [0.717, 1.165) is 5.56 Å². The molecule has 116 valence electrons. The zero-order valence-corrected chi connectivity index (χ0v) is 12.8. The maximum atomic E-state index is 12.0. The molecule has 1 atom stereocenters. The molecule has 0 fully saturated rings. The number of aromatic nitrogens is 1. The van der Waals surface area contributed by atoms with Gasteiger partial charge in [-0.25, -0.2) is 4.98 Å². The van der Waals surface area contributed by atoms with Crippen molar-refractivity contribution in [2.45, 2.75) is 26.8 Å². The average molecular weight is 301 g/mol. The molecule has 0 aliphatic carbocycles. The number of nitrogens with one attached hydrogen (secondary N) is 2.